The van der Waals surface area contributed by atoms with Crippen LogP contribution in [0.3, 0.4) is 0 Å². The Morgan fingerprint density at radius 3 is 2.32 bits per heavy atom. The number of hydrogen-bond donors (Lipinski definition) is 2. The van der Waals surface area contributed by atoms with Crippen LogP contribution in [0.15, 0.2) is 18.2 Å². The average Bonchev–Trinajstić information content (AvgIpc) is 2.73. The van der Waals surface area contributed by atoms with Crippen molar-refractivity contribution in [1.82, 2.24) is 5.32 Å². The Bertz CT molecular complexity index is 1010. The van der Waals surface area contributed by atoms with Gasteiger partial charge >= 0.3 is 0 Å². The fourth-order valence-corrected chi connectivity index (χ4v) is 3.53. The number of para-hydroxylation sites is 1. The fourth-order valence-electron chi connectivity index (χ4n) is 3.03. The van der Waals surface area contributed by atoms with Gasteiger partial charge in [0.1, 0.15) is 5.56 Å². The number of morpholine rings is 1. The highest BCUT2D eigenvalue weighted by molar-refractivity contribution is 7.80. The lowest BCUT2D eigenvalue weighted by molar-refractivity contribution is 0.0966. The van der Waals surface area contributed by atoms with Gasteiger partial charge in [-0.1, -0.05) is 17.7 Å². The lowest BCUT2D eigenvalue weighted by Crippen LogP contribution is -2.38. The van der Waals surface area contributed by atoms with Crippen molar-refractivity contribution in [3.63, 3.8) is 0 Å². The molecule has 0 spiro atoms. The summed E-state index contributed by atoms with van der Waals surface area (Å²) in [6.07, 6.45) is 0. The first kappa shape index (κ1) is 23.0. The number of methoxy groups -OCH3 is 1. The summed E-state index contributed by atoms with van der Waals surface area (Å²) in [5.74, 6) is -10.3. The molecule has 6 nitrogen and oxygen atoms in total. The van der Waals surface area contributed by atoms with Crippen molar-refractivity contribution in [1.29, 1.82) is 0 Å². The van der Waals surface area contributed by atoms with Crippen molar-refractivity contribution in [2.45, 2.75) is 0 Å². The highest BCUT2D eigenvalue weighted by Crippen LogP contribution is 2.34. The van der Waals surface area contributed by atoms with Crippen molar-refractivity contribution >= 4 is 46.2 Å². The van der Waals surface area contributed by atoms with Crippen LogP contribution in [-0.2, 0) is 4.74 Å². The maximum absolute atomic E-state index is 14.2. The Kier molecular flexibility index (Phi) is 7.19. The molecule has 166 valence electrons. The van der Waals surface area contributed by atoms with E-state index in [1.165, 1.54) is 0 Å². The number of rotatable bonds is 4. The second-order valence-electron chi connectivity index (χ2n) is 6.31. The van der Waals surface area contributed by atoms with E-state index in [-0.39, 0.29) is 5.11 Å². The zero-order valence-electron chi connectivity index (χ0n) is 16.0. The largest absolute Gasteiger partial charge is 0.491 e. The zero-order valence-corrected chi connectivity index (χ0v) is 17.6. The van der Waals surface area contributed by atoms with E-state index >= 15 is 0 Å². The van der Waals surface area contributed by atoms with E-state index in [4.69, 9.17) is 28.6 Å². The number of anilines is 2. The van der Waals surface area contributed by atoms with Gasteiger partial charge in [-0.2, -0.15) is 8.78 Å². The quantitative estimate of drug-likeness (QED) is 0.396. The van der Waals surface area contributed by atoms with Gasteiger partial charge in [0.25, 0.3) is 5.91 Å². The molecule has 1 saturated heterocycles. The van der Waals surface area contributed by atoms with Crippen molar-refractivity contribution in [3.05, 3.63) is 52.1 Å². The number of benzene rings is 2. The van der Waals surface area contributed by atoms with Gasteiger partial charge in [-0.15, -0.1) is 0 Å². The summed E-state index contributed by atoms with van der Waals surface area (Å²) in [4.78, 5) is 14.2. The van der Waals surface area contributed by atoms with Gasteiger partial charge in [-0.3, -0.25) is 10.1 Å². The van der Waals surface area contributed by atoms with Crippen LogP contribution in [-0.4, -0.2) is 44.4 Å². The molecular formula is C19H16ClF4N3O3S. The van der Waals surface area contributed by atoms with Crippen molar-refractivity contribution in [2.24, 2.45) is 0 Å². The summed E-state index contributed by atoms with van der Waals surface area (Å²) < 4.78 is 65.7. The molecule has 2 aromatic rings. The molecule has 0 aromatic heterocycles. The Balaban J connectivity index is 1.83. The normalized spacial score (nSPS) is 13.7. The topological polar surface area (TPSA) is 62.8 Å². The SMILES string of the molecule is COc1c(F)c(F)c(C(=O)NC(=S)Nc2cccc(Cl)c2N2CCOCC2)c(F)c1F. The molecule has 2 N–H and O–H groups in total. The predicted octanol–water partition coefficient (Wildman–Crippen LogP) is 3.87. The number of carbonyl (C=O) groups is 1. The molecule has 1 amide bonds. The lowest BCUT2D eigenvalue weighted by atomic mass is 10.1. The number of halogens is 5. The second kappa shape index (κ2) is 9.67. The molecular weight excluding hydrogens is 462 g/mol. The van der Waals surface area contributed by atoms with Crippen molar-refractivity contribution < 1.29 is 31.8 Å². The highest BCUT2D eigenvalue weighted by atomic mass is 35.5. The molecule has 0 saturated carbocycles. The fraction of sp³-hybridized carbons (Fsp3) is 0.263. The van der Waals surface area contributed by atoms with E-state index in [0.717, 1.165) is 7.11 Å². The van der Waals surface area contributed by atoms with Gasteiger partial charge in [0.2, 0.25) is 11.6 Å². The Morgan fingerprint density at radius 1 is 1.13 bits per heavy atom. The summed E-state index contributed by atoms with van der Waals surface area (Å²) in [5.41, 5.74) is -0.477. The molecule has 1 heterocycles. The number of nitrogens with one attached hydrogen (secondary N) is 2. The second-order valence-corrected chi connectivity index (χ2v) is 7.12. The minimum absolute atomic E-state index is 0.364. The summed E-state index contributed by atoms with van der Waals surface area (Å²) in [6, 6.07) is 4.92. The number of amides is 1. The number of ether oxygens (including phenoxy) is 2. The first-order valence-corrected chi connectivity index (χ1v) is 9.68. The molecule has 1 aliphatic rings. The third-order valence-electron chi connectivity index (χ3n) is 4.44. The first-order valence-electron chi connectivity index (χ1n) is 8.89. The molecule has 1 fully saturated rings. The smallest absolute Gasteiger partial charge is 0.263 e. The van der Waals surface area contributed by atoms with Gasteiger partial charge in [0, 0.05) is 13.1 Å². The van der Waals surface area contributed by atoms with E-state index < -0.39 is 40.5 Å². The molecule has 3 rings (SSSR count). The van der Waals surface area contributed by atoms with Gasteiger partial charge in [-0.25, -0.2) is 8.78 Å². The Labute approximate surface area is 185 Å². The van der Waals surface area contributed by atoms with Crippen LogP contribution < -0.4 is 20.3 Å². The summed E-state index contributed by atoms with van der Waals surface area (Å²) in [7, 11) is 0.830. The molecule has 0 unspecified atom stereocenters. The highest BCUT2D eigenvalue weighted by Gasteiger charge is 2.30. The minimum atomic E-state index is -1.91. The molecule has 2 aromatic carbocycles. The molecule has 0 aliphatic carbocycles. The molecule has 12 heteroatoms. The van der Waals surface area contributed by atoms with Crippen LogP contribution >= 0.6 is 23.8 Å². The maximum atomic E-state index is 14.2. The molecule has 0 atom stereocenters. The van der Waals surface area contributed by atoms with Crippen molar-refractivity contribution in [3.8, 4) is 5.75 Å². The Morgan fingerprint density at radius 2 is 1.74 bits per heavy atom. The molecule has 31 heavy (non-hydrogen) atoms. The monoisotopic (exact) mass is 477 g/mol. The minimum Gasteiger partial charge on any atom is -0.491 e. The van der Waals surface area contributed by atoms with E-state index in [2.05, 4.69) is 10.1 Å². The number of hydrogen-bond acceptors (Lipinski definition) is 5. The van der Waals surface area contributed by atoms with Gasteiger partial charge in [0.15, 0.2) is 22.5 Å². The van der Waals surface area contributed by atoms with Crippen molar-refractivity contribution in [2.75, 3.05) is 43.6 Å². The summed E-state index contributed by atoms with van der Waals surface area (Å²) in [6.45, 7) is 2.08. The van der Waals surface area contributed by atoms with E-state index in [1.54, 1.807) is 18.2 Å². The number of nitrogens with zero attached hydrogens (tertiary/aromatic N) is 1. The standard InChI is InChI=1S/C19H16ClF4N3O3S/c1-29-17-14(23)12(21)11(13(22)15(17)24)18(28)26-19(31)25-10-4-2-3-9(20)16(10)27-5-7-30-8-6-27/h2-4H,5-8H2,1H3,(H2,25,26,28,31). The number of carbonyl (C=O) groups excluding carboxylic acids is 1. The van der Waals surface area contributed by atoms with Crippen LogP contribution in [0.2, 0.25) is 5.02 Å². The van der Waals surface area contributed by atoms with Gasteiger partial charge < -0.3 is 19.7 Å². The lowest BCUT2D eigenvalue weighted by Gasteiger charge is -2.31. The first-order chi connectivity index (χ1) is 14.8. The van der Waals surface area contributed by atoms with E-state index in [0.29, 0.717) is 42.7 Å². The zero-order chi connectivity index (χ0) is 22.7. The average molecular weight is 478 g/mol. The molecule has 1 aliphatic heterocycles. The summed E-state index contributed by atoms with van der Waals surface area (Å²) >= 11 is 11.3. The molecule has 0 bridgehead atoms. The van der Waals surface area contributed by atoms with E-state index in [9.17, 15) is 22.4 Å². The maximum Gasteiger partial charge on any atom is 0.263 e. The van der Waals surface area contributed by atoms with E-state index in [1.807, 2.05) is 10.2 Å². The predicted molar refractivity (Wildman–Crippen MR) is 111 cm³/mol. The van der Waals surface area contributed by atoms with Crippen LogP contribution in [0.1, 0.15) is 10.4 Å². The van der Waals surface area contributed by atoms with Crippen LogP contribution in [0.25, 0.3) is 0 Å². The van der Waals surface area contributed by atoms with Gasteiger partial charge in [-0.05, 0) is 24.4 Å². The third kappa shape index (κ3) is 4.68. The molecule has 0 radical (unpaired) electrons. The number of thiocarbonyl (C=S) groups is 1. The van der Waals surface area contributed by atoms with Gasteiger partial charge in [0.05, 0.1) is 36.7 Å². The van der Waals surface area contributed by atoms with Crippen LogP contribution in [0, 0.1) is 23.3 Å². The van der Waals surface area contributed by atoms with Crippen LogP contribution in [0.4, 0.5) is 28.9 Å². The summed E-state index contributed by atoms with van der Waals surface area (Å²) in [5, 5.41) is 4.76. The van der Waals surface area contributed by atoms with Crippen LogP contribution in [0.5, 0.6) is 5.75 Å². The Hall–Kier alpha value is -2.63. The third-order valence-corrected chi connectivity index (χ3v) is 4.95.